The van der Waals surface area contributed by atoms with Gasteiger partial charge in [-0.1, -0.05) is 32.0 Å². The van der Waals surface area contributed by atoms with E-state index < -0.39 is 0 Å². The number of benzene rings is 1. The third-order valence-electron chi connectivity index (χ3n) is 4.42. The lowest BCUT2D eigenvalue weighted by Crippen LogP contribution is -2.51. The number of nitrogens with two attached hydrogens (primary N) is 1. The van der Waals surface area contributed by atoms with Crippen molar-refractivity contribution in [1.82, 2.24) is 4.90 Å². The number of hydrogen-bond donors (Lipinski definition) is 1. The average molecular weight is 262 g/mol. The van der Waals surface area contributed by atoms with Gasteiger partial charge in [0.1, 0.15) is 5.75 Å². The summed E-state index contributed by atoms with van der Waals surface area (Å²) in [6.45, 7) is 11.6. The van der Waals surface area contributed by atoms with E-state index in [0.29, 0.717) is 0 Å². The van der Waals surface area contributed by atoms with Crippen molar-refractivity contribution >= 4 is 0 Å². The van der Waals surface area contributed by atoms with Crippen molar-refractivity contribution in [2.24, 2.45) is 5.73 Å². The zero-order valence-corrected chi connectivity index (χ0v) is 12.6. The van der Waals surface area contributed by atoms with Crippen LogP contribution in [0.2, 0.25) is 0 Å². The van der Waals surface area contributed by atoms with Gasteiger partial charge in [-0.3, -0.25) is 4.90 Å². The maximum atomic E-state index is 6.58. The number of nitrogens with zero attached hydrogens (tertiary/aromatic N) is 1. The first-order valence-electron chi connectivity index (χ1n) is 7.27. The summed E-state index contributed by atoms with van der Waals surface area (Å²) in [5, 5.41) is 0. The Bertz CT molecular complexity index is 438. The molecular formula is C16H26N2O. The molecule has 1 aliphatic heterocycles. The van der Waals surface area contributed by atoms with Gasteiger partial charge in [-0.05, 0) is 32.5 Å². The second-order valence-corrected chi connectivity index (χ2v) is 5.74. The molecule has 2 rings (SSSR count). The summed E-state index contributed by atoms with van der Waals surface area (Å²) in [6, 6.07) is 6.31. The number of ether oxygens (including phenoxy) is 1. The van der Waals surface area contributed by atoms with Crippen LogP contribution in [0.1, 0.15) is 44.9 Å². The Balaban J connectivity index is 2.34. The fourth-order valence-electron chi connectivity index (χ4n) is 3.10. The molecule has 0 saturated carbocycles. The lowest BCUT2D eigenvalue weighted by molar-refractivity contribution is 0.106. The van der Waals surface area contributed by atoms with Crippen LogP contribution < -0.4 is 10.5 Å². The van der Waals surface area contributed by atoms with Crippen LogP contribution >= 0.6 is 0 Å². The summed E-state index contributed by atoms with van der Waals surface area (Å²) < 4.78 is 5.79. The van der Waals surface area contributed by atoms with Crippen molar-refractivity contribution in [2.75, 3.05) is 19.7 Å². The van der Waals surface area contributed by atoms with Crippen LogP contribution in [0.3, 0.4) is 0 Å². The van der Waals surface area contributed by atoms with Gasteiger partial charge in [0, 0.05) is 17.5 Å². The van der Waals surface area contributed by atoms with Crippen LogP contribution in [0.5, 0.6) is 5.75 Å². The van der Waals surface area contributed by atoms with Crippen molar-refractivity contribution in [3.05, 3.63) is 29.3 Å². The highest BCUT2D eigenvalue weighted by Gasteiger charge is 2.35. The molecule has 1 unspecified atom stereocenters. The highest BCUT2D eigenvalue weighted by Crippen LogP contribution is 2.38. The number of para-hydroxylation sites is 1. The predicted molar refractivity (Wildman–Crippen MR) is 79.6 cm³/mol. The summed E-state index contributed by atoms with van der Waals surface area (Å²) in [5.74, 6) is 1.02. The van der Waals surface area contributed by atoms with E-state index >= 15 is 0 Å². The molecule has 0 spiro atoms. The van der Waals surface area contributed by atoms with Crippen molar-refractivity contribution in [3.8, 4) is 5.75 Å². The Kier molecular flexibility index (Phi) is 4.16. The summed E-state index contributed by atoms with van der Waals surface area (Å²) in [4.78, 5) is 2.41. The van der Waals surface area contributed by atoms with Gasteiger partial charge in [-0.15, -0.1) is 0 Å². The molecule has 1 aliphatic rings. The number of likely N-dealkylation sites (N-methyl/N-ethyl adjacent to an activating group) is 1. The topological polar surface area (TPSA) is 38.5 Å². The third kappa shape index (κ3) is 2.49. The maximum Gasteiger partial charge on any atom is 0.127 e. The van der Waals surface area contributed by atoms with Gasteiger partial charge in [0.2, 0.25) is 0 Å². The van der Waals surface area contributed by atoms with Crippen molar-refractivity contribution in [1.29, 1.82) is 0 Å². The third-order valence-corrected chi connectivity index (χ3v) is 4.42. The van der Waals surface area contributed by atoms with Crippen molar-refractivity contribution in [3.63, 3.8) is 0 Å². The van der Waals surface area contributed by atoms with Crippen molar-refractivity contribution < 1.29 is 4.74 Å². The van der Waals surface area contributed by atoms with E-state index in [-0.39, 0.29) is 11.6 Å². The van der Waals surface area contributed by atoms with Crippen LogP contribution in [-0.2, 0) is 6.42 Å². The largest absolute Gasteiger partial charge is 0.493 e. The Hall–Kier alpha value is -1.06. The van der Waals surface area contributed by atoms with E-state index in [1.165, 1.54) is 5.56 Å². The van der Waals surface area contributed by atoms with Gasteiger partial charge >= 0.3 is 0 Å². The fraction of sp³-hybridized carbons (Fsp3) is 0.625. The first kappa shape index (κ1) is 14.4. The molecule has 0 aliphatic carbocycles. The van der Waals surface area contributed by atoms with Crippen LogP contribution in [0.15, 0.2) is 18.2 Å². The molecule has 106 valence electrons. The predicted octanol–water partition coefficient (Wildman–Crippen LogP) is 2.74. The highest BCUT2D eigenvalue weighted by molar-refractivity contribution is 5.46. The molecule has 0 fully saturated rings. The highest BCUT2D eigenvalue weighted by atomic mass is 16.5. The molecule has 3 heteroatoms. The quantitative estimate of drug-likeness (QED) is 0.886. The van der Waals surface area contributed by atoms with E-state index in [0.717, 1.165) is 37.4 Å². The molecule has 0 amide bonds. The minimum absolute atomic E-state index is 0.0413. The summed E-state index contributed by atoms with van der Waals surface area (Å²) in [5.41, 5.74) is 8.94. The molecule has 0 aromatic heterocycles. The Morgan fingerprint density at radius 2 is 2.00 bits per heavy atom. The molecular weight excluding hydrogens is 236 g/mol. The maximum absolute atomic E-state index is 6.58. The van der Waals surface area contributed by atoms with Crippen molar-refractivity contribution in [2.45, 2.75) is 45.7 Å². The van der Waals surface area contributed by atoms with Gasteiger partial charge in [-0.25, -0.2) is 0 Å². The smallest absolute Gasteiger partial charge is 0.127 e. The van der Waals surface area contributed by atoms with Gasteiger partial charge < -0.3 is 10.5 Å². The Morgan fingerprint density at radius 1 is 1.32 bits per heavy atom. The molecule has 0 bridgehead atoms. The SMILES string of the molecule is CCN(CC)C(C)(C)C(N)c1cccc2c1OCC2. The monoisotopic (exact) mass is 262 g/mol. The average Bonchev–Trinajstić information content (AvgIpc) is 2.87. The molecule has 19 heavy (non-hydrogen) atoms. The first-order valence-corrected chi connectivity index (χ1v) is 7.27. The molecule has 1 aromatic rings. The summed E-state index contributed by atoms with van der Waals surface area (Å²) in [7, 11) is 0. The van der Waals surface area contributed by atoms with E-state index in [1.807, 2.05) is 0 Å². The number of fused-ring (bicyclic) bond motifs is 1. The van der Waals surface area contributed by atoms with E-state index in [4.69, 9.17) is 10.5 Å². The molecule has 1 aromatic carbocycles. The minimum atomic E-state index is -0.0788. The first-order chi connectivity index (χ1) is 9.02. The molecule has 2 N–H and O–H groups in total. The molecule has 1 heterocycles. The standard InChI is InChI=1S/C16H26N2O/c1-5-18(6-2)16(3,4)15(17)13-9-7-8-12-10-11-19-14(12)13/h7-9,15H,5-6,10-11,17H2,1-4H3. The number of hydrogen-bond acceptors (Lipinski definition) is 3. The Morgan fingerprint density at radius 3 is 2.63 bits per heavy atom. The molecule has 3 nitrogen and oxygen atoms in total. The van der Waals surface area contributed by atoms with Gasteiger partial charge in [0.15, 0.2) is 0 Å². The Labute approximate surface area is 116 Å². The van der Waals surface area contributed by atoms with E-state index in [1.54, 1.807) is 0 Å². The van der Waals surface area contributed by atoms with Crippen LogP contribution in [0.4, 0.5) is 0 Å². The zero-order valence-electron chi connectivity index (χ0n) is 12.6. The second kappa shape index (κ2) is 5.51. The van der Waals surface area contributed by atoms with Crippen LogP contribution in [0.25, 0.3) is 0 Å². The van der Waals surface area contributed by atoms with E-state index in [2.05, 4.69) is 50.8 Å². The second-order valence-electron chi connectivity index (χ2n) is 5.74. The number of rotatable bonds is 5. The van der Waals surface area contributed by atoms with Gasteiger partial charge in [0.05, 0.1) is 12.6 Å². The van der Waals surface area contributed by atoms with Crippen LogP contribution in [-0.4, -0.2) is 30.1 Å². The molecule has 0 radical (unpaired) electrons. The van der Waals surface area contributed by atoms with Crippen LogP contribution in [0, 0.1) is 0 Å². The summed E-state index contributed by atoms with van der Waals surface area (Å²) in [6.07, 6.45) is 1.00. The lowest BCUT2D eigenvalue weighted by Gasteiger charge is -2.42. The van der Waals surface area contributed by atoms with E-state index in [9.17, 15) is 0 Å². The zero-order chi connectivity index (χ0) is 14.0. The normalized spacial score (nSPS) is 16.3. The fourth-order valence-corrected chi connectivity index (χ4v) is 3.10. The lowest BCUT2D eigenvalue weighted by atomic mass is 9.86. The van der Waals surface area contributed by atoms with Gasteiger partial charge in [-0.2, -0.15) is 0 Å². The summed E-state index contributed by atoms with van der Waals surface area (Å²) >= 11 is 0. The van der Waals surface area contributed by atoms with Gasteiger partial charge in [0.25, 0.3) is 0 Å². The minimum Gasteiger partial charge on any atom is -0.493 e. The molecule has 1 atom stereocenters. The molecule has 0 saturated heterocycles.